The van der Waals surface area contributed by atoms with Gasteiger partial charge in [0, 0.05) is 0 Å². The van der Waals surface area contributed by atoms with Crippen molar-refractivity contribution in [2.24, 2.45) is 0 Å². The number of rotatable bonds is 4. The van der Waals surface area contributed by atoms with E-state index >= 15 is 0 Å². The largest absolute Gasteiger partial charge is 0.197 e. The van der Waals surface area contributed by atoms with Crippen molar-refractivity contribution < 1.29 is 0 Å². The van der Waals surface area contributed by atoms with Crippen LogP contribution in [0, 0.1) is 0 Å². The van der Waals surface area contributed by atoms with Crippen molar-refractivity contribution in [3.63, 3.8) is 0 Å². The average Bonchev–Trinajstić information content (AvgIpc) is 2.61. The molecule has 0 N–H and O–H groups in total. The number of hydrogen-bond donors (Lipinski definition) is 0. The molecule has 0 unspecified atom stereocenters. The van der Waals surface area contributed by atoms with E-state index in [0.717, 1.165) is 0 Å². The van der Waals surface area contributed by atoms with E-state index in [2.05, 4.69) is 97.1 Å². The third-order valence-corrected chi connectivity index (χ3v) is 3.51. The molecule has 23 heavy (non-hydrogen) atoms. The lowest BCUT2D eigenvalue weighted by molar-refractivity contribution is 1.61. The zero-order valence-electron chi connectivity index (χ0n) is 12.9. The van der Waals surface area contributed by atoms with Crippen LogP contribution in [0.1, 0.15) is 22.3 Å². The Balaban J connectivity index is 0.00000192. The minimum absolute atomic E-state index is 0. The second kappa shape index (κ2) is 8.82. The molecule has 0 aliphatic carbocycles. The van der Waals surface area contributed by atoms with Crippen molar-refractivity contribution in [1.29, 1.82) is 0 Å². The van der Waals surface area contributed by atoms with Gasteiger partial charge in [-0.3, -0.25) is 0 Å². The second-order valence-corrected chi connectivity index (χ2v) is 5.12. The fraction of sp³-hybridized carbons (Fsp3) is 0. The summed E-state index contributed by atoms with van der Waals surface area (Å²) in [6.07, 6.45) is 8.63. The zero-order chi connectivity index (χ0) is 15.0. The third-order valence-electron chi connectivity index (χ3n) is 3.51. The van der Waals surface area contributed by atoms with Crippen LogP contribution in [-0.4, -0.2) is 0 Å². The molecule has 0 aromatic heterocycles. The minimum Gasteiger partial charge on any atom is -0.197 e. The van der Waals surface area contributed by atoms with Gasteiger partial charge in [0.15, 0.2) is 0 Å². The zero-order valence-corrected chi connectivity index (χ0v) is 13.9. The van der Waals surface area contributed by atoms with E-state index in [1.54, 1.807) is 0 Å². The van der Waals surface area contributed by atoms with Gasteiger partial charge in [-0.2, -0.15) is 13.5 Å². The molecule has 1 heteroatoms. The van der Waals surface area contributed by atoms with Crippen molar-refractivity contribution >= 4 is 37.8 Å². The molecule has 0 nitrogen and oxygen atoms in total. The Hall–Kier alpha value is -2.51. The van der Waals surface area contributed by atoms with Gasteiger partial charge in [-0.05, 0) is 22.3 Å². The van der Waals surface area contributed by atoms with Gasteiger partial charge in [0.05, 0.1) is 0 Å². The SMILES string of the molecule is C(=C\c1ccccc1/C=C/c1ccccc1)/c1ccccc1.S. The van der Waals surface area contributed by atoms with Crippen molar-refractivity contribution in [3.05, 3.63) is 107 Å². The van der Waals surface area contributed by atoms with Crippen LogP contribution in [0.4, 0.5) is 0 Å². The van der Waals surface area contributed by atoms with Crippen LogP contribution in [0.5, 0.6) is 0 Å². The molecular weight excluding hydrogens is 296 g/mol. The van der Waals surface area contributed by atoms with Gasteiger partial charge in [0.1, 0.15) is 0 Å². The highest BCUT2D eigenvalue weighted by molar-refractivity contribution is 7.59. The molecule has 0 bridgehead atoms. The van der Waals surface area contributed by atoms with E-state index in [1.165, 1.54) is 22.3 Å². The van der Waals surface area contributed by atoms with Crippen LogP contribution in [-0.2, 0) is 0 Å². The lowest BCUT2D eigenvalue weighted by Crippen LogP contribution is -1.80. The molecule has 114 valence electrons. The Labute approximate surface area is 145 Å². The maximum atomic E-state index is 2.17. The molecule has 0 saturated heterocycles. The Morgan fingerprint density at radius 3 is 1.13 bits per heavy atom. The predicted octanol–water partition coefficient (Wildman–Crippen LogP) is 6.14. The molecule has 3 aromatic rings. The van der Waals surface area contributed by atoms with E-state index in [1.807, 2.05) is 12.1 Å². The lowest BCUT2D eigenvalue weighted by atomic mass is 10.0. The van der Waals surface area contributed by atoms with Crippen LogP contribution in [0.25, 0.3) is 24.3 Å². The van der Waals surface area contributed by atoms with Gasteiger partial charge in [0.2, 0.25) is 0 Å². The standard InChI is InChI=1S/C22H18.H2S/c1-3-9-19(10-4-1)15-17-21-13-7-8-14-22(21)18-16-20-11-5-2-6-12-20;/h1-18H;1H2/b17-15+,18-16+;. The summed E-state index contributed by atoms with van der Waals surface area (Å²) in [5.74, 6) is 0. The fourth-order valence-corrected chi connectivity index (χ4v) is 2.31. The molecule has 0 spiro atoms. The maximum Gasteiger partial charge on any atom is -0.0184 e. The summed E-state index contributed by atoms with van der Waals surface area (Å²) >= 11 is 0. The minimum atomic E-state index is 0. The van der Waals surface area contributed by atoms with Crippen LogP contribution in [0.3, 0.4) is 0 Å². The summed E-state index contributed by atoms with van der Waals surface area (Å²) in [5, 5.41) is 0. The van der Waals surface area contributed by atoms with Crippen LogP contribution in [0.15, 0.2) is 84.9 Å². The molecule has 0 saturated carbocycles. The molecule has 0 fully saturated rings. The van der Waals surface area contributed by atoms with E-state index in [-0.39, 0.29) is 13.5 Å². The summed E-state index contributed by atoms with van der Waals surface area (Å²) < 4.78 is 0. The van der Waals surface area contributed by atoms with E-state index in [0.29, 0.717) is 0 Å². The van der Waals surface area contributed by atoms with E-state index in [4.69, 9.17) is 0 Å². The number of hydrogen-bond acceptors (Lipinski definition) is 0. The summed E-state index contributed by atoms with van der Waals surface area (Å²) in [4.78, 5) is 0. The molecule has 0 aliphatic rings. The first kappa shape index (κ1) is 16.9. The van der Waals surface area contributed by atoms with Gasteiger partial charge >= 0.3 is 0 Å². The first-order chi connectivity index (χ1) is 10.9. The van der Waals surface area contributed by atoms with Gasteiger partial charge in [-0.1, -0.05) is 109 Å². The monoisotopic (exact) mass is 316 g/mol. The molecule has 3 aromatic carbocycles. The predicted molar refractivity (Wildman–Crippen MR) is 108 cm³/mol. The van der Waals surface area contributed by atoms with E-state index in [9.17, 15) is 0 Å². The van der Waals surface area contributed by atoms with Crippen LogP contribution < -0.4 is 0 Å². The molecule has 0 aliphatic heterocycles. The highest BCUT2D eigenvalue weighted by Crippen LogP contribution is 2.16. The Bertz CT molecular complexity index is 703. The van der Waals surface area contributed by atoms with Crippen LogP contribution in [0.2, 0.25) is 0 Å². The normalized spacial score (nSPS) is 10.8. The lowest BCUT2D eigenvalue weighted by Gasteiger charge is -2.01. The van der Waals surface area contributed by atoms with Gasteiger partial charge in [-0.15, -0.1) is 0 Å². The Morgan fingerprint density at radius 1 is 0.391 bits per heavy atom. The molecule has 3 rings (SSSR count). The maximum absolute atomic E-state index is 2.17. The summed E-state index contributed by atoms with van der Waals surface area (Å²) in [5.41, 5.74) is 4.87. The summed E-state index contributed by atoms with van der Waals surface area (Å²) in [6, 6.07) is 29.2. The topological polar surface area (TPSA) is 0 Å². The third kappa shape index (κ3) is 5.01. The first-order valence-corrected chi connectivity index (χ1v) is 7.47. The Morgan fingerprint density at radius 2 is 0.739 bits per heavy atom. The molecule has 0 heterocycles. The van der Waals surface area contributed by atoms with Crippen molar-refractivity contribution in [2.45, 2.75) is 0 Å². The Kier molecular flexibility index (Phi) is 6.46. The van der Waals surface area contributed by atoms with Gasteiger partial charge in [-0.25, -0.2) is 0 Å². The van der Waals surface area contributed by atoms with Crippen molar-refractivity contribution in [3.8, 4) is 0 Å². The van der Waals surface area contributed by atoms with Crippen molar-refractivity contribution in [2.75, 3.05) is 0 Å². The van der Waals surface area contributed by atoms with Crippen LogP contribution >= 0.6 is 13.5 Å². The second-order valence-electron chi connectivity index (χ2n) is 5.12. The summed E-state index contributed by atoms with van der Waals surface area (Å²) in [7, 11) is 0. The van der Waals surface area contributed by atoms with E-state index < -0.39 is 0 Å². The molecule has 0 amide bonds. The number of benzene rings is 3. The molecule has 0 radical (unpaired) electrons. The molecular formula is C22H20S. The fourth-order valence-electron chi connectivity index (χ4n) is 2.31. The summed E-state index contributed by atoms with van der Waals surface area (Å²) in [6.45, 7) is 0. The quantitative estimate of drug-likeness (QED) is 0.507. The van der Waals surface area contributed by atoms with Gasteiger partial charge < -0.3 is 0 Å². The highest BCUT2D eigenvalue weighted by Gasteiger charge is 1.94. The van der Waals surface area contributed by atoms with Crippen molar-refractivity contribution in [1.82, 2.24) is 0 Å². The molecule has 0 atom stereocenters. The first-order valence-electron chi connectivity index (χ1n) is 7.47. The van der Waals surface area contributed by atoms with Gasteiger partial charge in [0.25, 0.3) is 0 Å². The average molecular weight is 316 g/mol. The smallest absolute Gasteiger partial charge is 0.0184 e. The highest BCUT2D eigenvalue weighted by atomic mass is 32.1.